The summed E-state index contributed by atoms with van der Waals surface area (Å²) in [4.78, 5) is -0.524. The van der Waals surface area contributed by atoms with E-state index in [9.17, 15) is 12.3 Å². The molecule has 1 rings (SSSR count). The highest BCUT2D eigenvalue weighted by molar-refractivity contribution is 9.10. The number of hydrogen-bond donors (Lipinski definition) is 0. The van der Waals surface area contributed by atoms with Gasteiger partial charge in [-0.05, 0) is 22.0 Å². The Bertz CT molecular complexity index is 502. The summed E-state index contributed by atoms with van der Waals surface area (Å²) in [6, 6.07) is 2.33. The monoisotopic (exact) mass is 328 g/mol. The van der Waals surface area contributed by atoms with E-state index in [1.807, 2.05) is 0 Å². The van der Waals surface area contributed by atoms with Gasteiger partial charge >= 0.3 is 10.2 Å². The Morgan fingerprint density at radius 3 is 2.41 bits per heavy atom. The van der Waals surface area contributed by atoms with E-state index in [1.165, 1.54) is 20.3 Å². The third kappa shape index (κ3) is 3.55. The summed E-state index contributed by atoms with van der Waals surface area (Å²) in [5, 5.41) is 0. The SMILES string of the molecule is COCOc1cc(S(=O)(=O)F)c(Br)cc1OC. The molecule has 0 aromatic heterocycles. The van der Waals surface area contributed by atoms with Crippen LogP contribution < -0.4 is 9.47 Å². The Balaban J connectivity index is 3.27. The van der Waals surface area contributed by atoms with Crippen LogP contribution in [-0.2, 0) is 15.0 Å². The molecule has 5 nitrogen and oxygen atoms in total. The van der Waals surface area contributed by atoms with Crippen LogP contribution in [0.15, 0.2) is 21.5 Å². The van der Waals surface area contributed by atoms with Crippen molar-refractivity contribution in [1.29, 1.82) is 0 Å². The Morgan fingerprint density at radius 2 is 1.94 bits per heavy atom. The highest BCUT2D eigenvalue weighted by atomic mass is 79.9. The molecule has 0 aliphatic carbocycles. The second kappa shape index (κ2) is 5.65. The minimum absolute atomic E-state index is 0.0571. The number of ether oxygens (including phenoxy) is 3. The molecule has 0 heterocycles. The van der Waals surface area contributed by atoms with Crippen LogP contribution in [0.4, 0.5) is 3.89 Å². The third-order valence-corrected chi connectivity index (χ3v) is 3.59. The van der Waals surface area contributed by atoms with Gasteiger partial charge in [0.15, 0.2) is 18.3 Å². The molecule has 0 radical (unpaired) electrons. The molecule has 17 heavy (non-hydrogen) atoms. The molecule has 0 saturated heterocycles. The molecule has 1 aromatic rings. The quantitative estimate of drug-likeness (QED) is 0.612. The molecule has 96 valence electrons. The number of benzene rings is 1. The summed E-state index contributed by atoms with van der Waals surface area (Å²) in [5.41, 5.74) is 0. The van der Waals surface area contributed by atoms with E-state index in [-0.39, 0.29) is 22.8 Å². The van der Waals surface area contributed by atoms with Crippen LogP contribution in [-0.4, -0.2) is 29.4 Å². The van der Waals surface area contributed by atoms with Gasteiger partial charge in [0, 0.05) is 17.6 Å². The highest BCUT2D eigenvalue weighted by Crippen LogP contribution is 2.36. The lowest BCUT2D eigenvalue weighted by Crippen LogP contribution is -2.03. The van der Waals surface area contributed by atoms with Crippen molar-refractivity contribution in [2.24, 2.45) is 0 Å². The zero-order valence-corrected chi connectivity index (χ0v) is 11.5. The number of halogens is 2. The van der Waals surface area contributed by atoms with Gasteiger partial charge in [0.05, 0.1) is 7.11 Å². The van der Waals surface area contributed by atoms with E-state index in [0.717, 1.165) is 6.07 Å². The fourth-order valence-corrected chi connectivity index (χ4v) is 2.54. The number of methoxy groups -OCH3 is 2. The van der Waals surface area contributed by atoms with E-state index in [1.54, 1.807) is 0 Å². The van der Waals surface area contributed by atoms with Crippen LogP contribution in [0.5, 0.6) is 11.5 Å². The van der Waals surface area contributed by atoms with Gasteiger partial charge in [0.1, 0.15) is 4.90 Å². The van der Waals surface area contributed by atoms with Crippen LogP contribution >= 0.6 is 15.9 Å². The van der Waals surface area contributed by atoms with E-state index in [2.05, 4.69) is 20.7 Å². The van der Waals surface area contributed by atoms with E-state index >= 15 is 0 Å². The van der Waals surface area contributed by atoms with Crippen LogP contribution in [0.2, 0.25) is 0 Å². The molecule has 0 aliphatic rings. The fourth-order valence-electron chi connectivity index (χ4n) is 1.10. The molecule has 0 N–H and O–H groups in total. The minimum Gasteiger partial charge on any atom is -0.493 e. The van der Waals surface area contributed by atoms with Gasteiger partial charge in [-0.15, -0.1) is 3.89 Å². The molecule has 0 fully saturated rings. The Hall–Kier alpha value is -0.860. The number of hydrogen-bond acceptors (Lipinski definition) is 5. The molecule has 0 saturated carbocycles. The Morgan fingerprint density at radius 1 is 1.29 bits per heavy atom. The van der Waals surface area contributed by atoms with Crippen molar-refractivity contribution >= 4 is 26.2 Å². The first-order chi connectivity index (χ1) is 7.90. The lowest BCUT2D eigenvalue weighted by molar-refractivity contribution is 0.0489. The van der Waals surface area contributed by atoms with Crippen LogP contribution in [0.25, 0.3) is 0 Å². The van der Waals surface area contributed by atoms with Crippen molar-refractivity contribution in [1.82, 2.24) is 0 Å². The molecular weight excluding hydrogens is 319 g/mol. The highest BCUT2D eigenvalue weighted by Gasteiger charge is 2.20. The predicted octanol–water partition coefficient (Wildman–Crippen LogP) is 2.10. The van der Waals surface area contributed by atoms with E-state index in [4.69, 9.17) is 9.47 Å². The van der Waals surface area contributed by atoms with E-state index in [0.29, 0.717) is 0 Å². The van der Waals surface area contributed by atoms with Gasteiger partial charge in [-0.25, -0.2) is 0 Å². The smallest absolute Gasteiger partial charge is 0.333 e. The zero-order valence-electron chi connectivity index (χ0n) is 9.07. The summed E-state index contributed by atoms with van der Waals surface area (Å²) in [6.07, 6.45) is 0. The predicted molar refractivity (Wildman–Crippen MR) is 61.5 cm³/mol. The Kier molecular flexibility index (Phi) is 4.72. The first-order valence-electron chi connectivity index (χ1n) is 4.34. The lowest BCUT2D eigenvalue weighted by atomic mass is 10.3. The number of rotatable bonds is 5. The topological polar surface area (TPSA) is 61.8 Å². The minimum atomic E-state index is -4.83. The van der Waals surface area contributed by atoms with Gasteiger partial charge in [0.25, 0.3) is 0 Å². The molecule has 1 aromatic carbocycles. The molecular formula is C9H10BrFO5S. The molecule has 0 spiro atoms. The average Bonchev–Trinajstić information content (AvgIpc) is 2.25. The first kappa shape index (κ1) is 14.2. The average molecular weight is 329 g/mol. The van der Waals surface area contributed by atoms with Gasteiger partial charge in [0.2, 0.25) is 0 Å². The largest absolute Gasteiger partial charge is 0.493 e. The zero-order chi connectivity index (χ0) is 13.1. The fraction of sp³-hybridized carbons (Fsp3) is 0.333. The summed E-state index contributed by atoms with van der Waals surface area (Å²) in [6.45, 7) is -0.107. The summed E-state index contributed by atoms with van der Waals surface area (Å²) in [7, 11) is -2.05. The van der Waals surface area contributed by atoms with Crippen molar-refractivity contribution < 1.29 is 26.5 Å². The van der Waals surface area contributed by atoms with Gasteiger partial charge in [-0.3, -0.25) is 0 Å². The van der Waals surface area contributed by atoms with Gasteiger partial charge in [-0.2, -0.15) is 8.42 Å². The maximum atomic E-state index is 12.9. The van der Waals surface area contributed by atoms with Crippen LogP contribution in [0.3, 0.4) is 0 Å². The van der Waals surface area contributed by atoms with Crippen molar-refractivity contribution in [3.05, 3.63) is 16.6 Å². The molecule has 8 heteroatoms. The normalized spacial score (nSPS) is 11.3. The third-order valence-electron chi connectivity index (χ3n) is 1.81. The summed E-state index contributed by atoms with van der Waals surface area (Å²) >= 11 is 2.94. The molecule has 0 bridgehead atoms. The maximum Gasteiger partial charge on any atom is 0.333 e. The molecule has 0 unspecified atom stereocenters. The van der Waals surface area contributed by atoms with Crippen LogP contribution in [0.1, 0.15) is 0 Å². The Labute approximate surface area is 107 Å². The van der Waals surface area contributed by atoms with Crippen molar-refractivity contribution in [2.75, 3.05) is 21.0 Å². The maximum absolute atomic E-state index is 12.9. The van der Waals surface area contributed by atoms with Crippen LogP contribution in [0, 0.1) is 0 Å². The first-order valence-corrected chi connectivity index (χ1v) is 6.51. The molecule has 0 atom stereocenters. The molecule has 0 amide bonds. The summed E-state index contributed by atoms with van der Waals surface area (Å²) < 4.78 is 49.4. The van der Waals surface area contributed by atoms with Crippen molar-refractivity contribution in [3.8, 4) is 11.5 Å². The molecule has 0 aliphatic heterocycles. The second-order valence-corrected chi connectivity index (χ2v) is 5.09. The standard InChI is InChI=1S/C9H10BrFO5S/c1-14-5-16-8-4-9(17(11,12)13)6(10)3-7(8)15-2/h3-4H,5H2,1-2H3. The second-order valence-electron chi connectivity index (χ2n) is 2.92. The van der Waals surface area contributed by atoms with Crippen molar-refractivity contribution in [2.45, 2.75) is 4.90 Å². The van der Waals surface area contributed by atoms with Gasteiger partial charge in [-0.1, -0.05) is 0 Å². The lowest BCUT2D eigenvalue weighted by Gasteiger charge is -2.11. The van der Waals surface area contributed by atoms with E-state index < -0.39 is 15.1 Å². The van der Waals surface area contributed by atoms with Crippen molar-refractivity contribution in [3.63, 3.8) is 0 Å². The van der Waals surface area contributed by atoms with Gasteiger partial charge < -0.3 is 14.2 Å². The summed E-state index contributed by atoms with van der Waals surface area (Å²) in [5.74, 6) is 0.343.